The molecule has 0 aliphatic heterocycles. The second-order valence-electron chi connectivity index (χ2n) is 4.59. The van der Waals surface area contributed by atoms with E-state index in [0.29, 0.717) is 17.0 Å². The van der Waals surface area contributed by atoms with Gasteiger partial charge in [0.2, 0.25) is 0 Å². The molecule has 0 aliphatic rings. The van der Waals surface area contributed by atoms with Crippen LogP contribution in [0.25, 0.3) is 0 Å². The Morgan fingerprint density at radius 1 is 1.50 bits per heavy atom. The third-order valence-electron chi connectivity index (χ3n) is 2.52. The molecule has 5 nitrogen and oxygen atoms in total. The molecule has 0 aromatic heterocycles. The molecule has 1 amide bonds. The van der Waals surface area contributed by atoms with Crippen molar-refractivity contribution in [3.63, 3.8) is 0 Å². The Morgan fingerprint density at radius 2 is 2.17 bits per heavy atom. The number of nitrogens with zero attached hydrogens (tertiary/aromatic N) is 1. The highest BCUT2D eigenvalue weighted by molar-refractivity contribution is 5.99. The van der Waals surface area contributed by atoms with Gasteiger partial charge in [-0.05, 0) is 39.2 Å². The number of anilines is 1. The molecule has 0 aliphatic carbocycles. The molecule has 0 spiro atoms. The van der Waals surface area contributed by atoms with Crippen LogP contribution in [0.1, 0.15) is 17.3 Å². The molecule has 1 aromatic rings. The summed E-state index contributed by atoms with van der Waals surface area (Å²) >= 11 is 0. The average molecular weight is 251 g/mol. The van der Waals surface area contributed by atoms with Gasteiger partial charge in [-0.2, -0.15) is 0 Å². The predicted octanol–water partition coefficient (Wildman–Crippen LogP) is 0.957. The van der Waals surface area contributed by atoms with Crippen molar-refractivity contribution in [3.05, 3.63) is 23.8 Å². The van der Waals surface area contributed by atoms with Crippen LogP contribution in [0, 0.1) is 0 Å². The molecule has 1 rings (SSSR count). The van der Waals surface area contributed by atoms with E-state index in [1.807, 2.05) is 25.9 Å². The number of rotatable bonds is 5. The zero-order valence-corrected chi connectivity index (χ0v) is 11.4. The number of hydrogen-bond donors (Lipinski definition) is 2. The SMILES string of the molecule is COc1ccc(N)c(C(=O)NC(C)CN(C)C)c1. The summed E-state index contributed by atoms with van der Waals surface area (Å²) in [6, 6.07) is 5.10. The fourth-order valence-electron chi connectivity index (χ4n) is 1.75. The van der Waals surface area contributed by atoms with Crippen LogP contribution in [0.2, 0.25) is 0 Å². The van der Waals surface area contributed by atoms with Gasteiger partial charge in [-0.3, -0.25) is 4.79 Å². The van der Waals surface area contributed by atoms with Gasteiger partial charge in [0.05, 0.1) is 12.7 Å². The Hall–Kier alpha value is -1.75. The summed E-state index contributed by atoms with van der Waals surface area (Å²) in [7, 11) is 5.48. The Labute approximate surface area is 108 Å². The highest BCUT2D eigenvalue weighted by atomic mass is 16.5. The first-order valence-corrected chi connectivity index (χ1v) is 5.83. The van der Waals surface area contributed by atoms with E-state index in [0.717, 1.165) is 6.54 Å². The van der Waals surface area contributed by atoms with Crippen molar-refractivity contribution >= 4 is 11.6 Å². The summed E-state index contributed by atoms with van der Waals surface area (Å²) in [5.74, 6) is 0.440. The third kappa shape index (κ3) is 3.92. The fourth-order valence-corrected chi connectivity index (χ4v) is 1.75. The molecule has 0 heterocycles. The van der Waals surface area contributed by atoms with Gasteiger partial charge in [0.1, 0.15) is 5.75 Å². The van der Waals surface area contributed by atoms with Gasteiger partial charge < -0.3 is 20.7 Å². The summed E-state index contributed by atoms with van der Waals surface area (Å²) < 4.78 is 5.09. The quantitative estimate of drug-likeness (QED) is 0.765. The van der Waals surface area contributed by atoms with Crippen molar-refractivity contribution in [2.24, 2.45) is 0 Å². The highest BCUT2D eigenvalue weighted by Crippen LogP contribution is 2.19. The Kier molecular flexibility index (Phi) is 4.97. The van der Waals surface area contributed by atoms with Gasteiger partial charge in [-0.25, -0.2) is 0 Å². The predicted molar refractivity (Wildman–Crippen MR) is 72.9 cm³/mol. The van der Waals surface area contributed by atoms with Gasteiger partial charge in [0.25, 0.3) is 5.91 Å². The average Bonchev–Trinajstić information content (AvgIpc) is 2.28. The van der Waals surface area contributed by atoms with E-state index in [9.17, 15) is 4.79 Å². The maximum Gasteiger partial charge on any atom is 0.253 e. The van der Waals surface area contributed by atoms with Crippen LogP contribution in [0.5, 0.6) is 5.75 Å². The molecular formula is C13H21N3O2. The lowest BCUT2D eigenvalue weighted by atomic mass is 10.1. The molecule has 5 heteroatoms. The number of nitrogens with one attached hydrogen (secondary N) is 1. The Morgan fingerprint density at radius 3 is 2.72 bits per heavy atom. The van der Waals surface area contributed by atoms with Gasteiger partial charge in [0.15, 0.2) is 0 Å². The number of nitrogens with two attached hydrogens (primary N) is 1. The standard InChI is InChI=1S/C13H21N3O2/c1-9(8-16(2)3)15-13(17)11-7-10(18-4)5-6-12(11)14/h5-7,9H,8,14H2,1-4H3,(H,15,17). The molecule has 1 aromatic carbocycles. The minimum absolute atomic E-state index is 0.0538. The molecule has 1 atom stereocenters. The molecule has 0 fully saturated rings. The van der Waals surface area contributed by atoms with Crippen LogP contribution in [0.3, 0.4) is 0 Å². The molecule has 1 unspecified atom stereocenters. The molecule has 100 valence electrons. The molecule has 18 heavy (non-hydrogen) atoms. The van der Waals surface area contributed by atoms with Crippen LogP contribution in [-0.2, 0) is 0 Å². The maximum absolute atomic E-state index is 12.1. The van der Waals surface area contributed by atoms with Crippen molar-refractivity contribution < 1.29 is 9.53 Å². The monoisotopic (exact) mass is 251 g/mol. The Balaban J connectivity index is 2.77. The van der Waals surface area contributed by atoms with Crippen molar-refractivity contribution in [1.82, 2.24) is 10.2 Å². The van der Waals surface area contributed by atoms with Crippen LogP contribution in [0.15, 0.2) is 18.2 Å². The number of methoxy groups -OCH3 is 1. The summed E-state index contributed by atoms with van der Waals surface area (Å²) in [5.41, 5.74) is 6.69. The molecular weight excluding hydrogens is 230 g/mol. The van der Waals surface area contributed by atoms with E-state index >= 15 is 0 Å². The lowest BCUT2D eigenvalue weighted by Crippen LogP contribution is -2.39. The van der Waals surface area contributed by atoms with E-state index in [4.69, 9.17) is 10.5 Å². The first-order valence-electron chi connectivity index (χ1n) is 5.83. The summed E-state index contributed by atoms with van der Waals surface area (Å²) in [6.45, 7) is 2.73. The van der Waals surface area contributed by atoms with Gasteiger partial charge in [-0.15, -0.1) is 0 Å². The first kappa shape index (κ1) is 14.3. The number of likely N-dealkylation sites (N-methyl/N-ethyl adjacent to an activating group) is 1. The lowest BCUT2D eigenvalue weighted by molar-refractivity contribution is 0.0935. The number of nitrogen functional groups attached to an aromatic ring is 1. The zero-order valence-electron chi connectivity index (χ0n) is 11.4. The minimum atomic E-state index is -0.180. The second-order valence-corrected chi connectivity index (χ2v) is 4.59. The molecule has 0 radical (unpaired) electrons. The second kappa shape index (κ2) is 6.26. The number of ether oxygens (including phenoxy) is 1. The normalized spacial score (nSPS) is 12.3. The van der Waals surface area contributed by atoms with E-state index in [1.54, 1.807) is 25.3 Å². The number of amides is 1. The molecule has 0 bridgehead atoms. The van der Waals surface area contributed by atoms with Gasteiger partial charge in [0, 0.05) is 18.3 Å². The maximum atomic E-state index is 12.1. The van der Waals surface area contributed by atoms with E-state index in [2.05, 4.69) is 5.32 Å². The van der Waals surface area contributed by atoms with Crippen LogP contribution < -0.4 is 15.8 Å². The lowest BCUT2D eigenvalue weighted by Gasteiger charge is -2.19. The first-order chi connectivity index (χ1) is 8.43. The molecule has 0 saturated heterocycles. The summed E-state index contributed by atoms with van der Waals surface area (Å²) in [6.07, 6.45) is 0. The number of hydrogen-bond acceptors (Lipinski definition) is 4. The summed E-state index contributed by atoms with van der Waals surface area (Å²) in [4.78, 5) is 14.1. The zero-order chi connectivity index (χ0) is 13.7. The largest absolute Gasteiger partial charge is 0.497 e. The van der Waals surface area contributed by atoms with Crippen molar-refractivity contribution in [2.45, 2.75) is 13.0 Å². The number of carbonyl (C=O) groups is 1. The van der Waals surface area contributed by atoms with Crippen LogP contribution in [-0.4, -0.2) is 44.6 Å². The van der Waals surface area contributed by atoms with Gasteiger partial charge >= 0.3 is 0 Å². The van der Waals surface area contributed by atoms with E-state index in [-0.39, 0.29) is 11.9 Å². The smallest absolute Gasteiger partial charge is 0.253 e. The topological polar surface area (TPSA) is 67.6 Å². The minimum Gasteiger partial charge on any atom is -0.497 e. The van der Waals surface area contributed by atoms with Crippen molar-refractivity contribution in [3.8, 4) is 5.75 Å². The van der Waals surface area contributed by atoms with Crippen molar-refractivity contribution in [1.29, 1.82) is 0 Å². The Bertz CT molecular complexity index is 419. The summed E-state index contributed by atoms with van der Waals surface area (Å²) in [5, 5.41) is 2.90. The number of benzene rings is 1. The van der Waals surface area contributed by atoms with Gasteiger partial charge in [-0.1, -0.05) is 0 Å². The van der Waals surface area contributed by atoms with Crippen LogP contribution >= 0.6 is 0 Å². The van der Waals surface area contributed by atoms with Crippen LogP contribution in [0.4, 0.5) is 5.69 Å². The fraction of sp³-hybridized carbons (Fsp3) is 0.462. The third-order valence-corrected chi connectivity index (χ3v) is 2.52. The van der Waals surface area contributed by atoms with E-state index in [1.165, 1.54) is 0 Å². The van der Waals surface area contributed by atoms with E-state index < -0.39 is 0 Å². The highest BCUT2D eigenvalue weighted by Gasteiger charge is 2.14. The van der Waals surface area contributed by atoms with Crippen molar-refractivity contribution in [2.75, 3.05) is 33.5 Å². The molecule has 3 N–H and O–H groups in total. The number of carbonyl (C=O) groups excluding carboxylic acids is 1. The molecule has 0 saturated carbocycles.